The molecule has 3 rings (SSSR count). The molecule has 28 heavy (non-hydrogen) atoms. The van der Waals surface area contributed by atoms with Crippen LogP contribution in [0.25, 0.3) is 11.3 Å². The minimum Gasteiger partial charge on any atom is -0.441 e. The summed E-state index contributed by atoms with van der Waals surface area (Å²) in [7, 11) is 0. The van der Waals surface area contributed by atoms with E-state index < -0.39 is 18.2 Å². The quantitative estimate of drug-likeness (QED) is 0.465. The molecule has 7 nitrogen and oxygen atoms in total. The third kappa shape index (κ3) is 4.69. The van der Waals surface area contributed by atoms with Crippen LogP contribution >= 0.6 is 11.6 Å². The number of rotatable bonds is 5. The number of nitrogens with zero attached hydrogens (tertiary/aromatic N) is 1. The predicted molar refractivity (Wildman–Crippen MR) is 103 cm³/mol. The summed E-state index contributed by atoms with van der Waals surface area (Å²) in [6.45, 7) is 3.05. The van der Waals surface area contributed by atoms with E-state index in [2.05, 4.69) is 10.5 Å². The number of esters is 1. The Bertz CT molecular complexity index is 984. The second-order valence-corrected chi connectivity index (χ2v) is 6.30. The van der Waals surface area contributed by atoms with Crippen molar-refractivity contribution in [3.8, 4) is 17.0 Å². The molecule has 0 spiro atoms. The van der Waals surface area contributed by atoms with Gasteiger partial charge in [-0.05, 0) is 37.3 Å². The van der Waals surface area contributed by atoms with E-state index in [4.69, 9.17) is 25.6 Å². The van der Waals surface area contributed by atoms with Gasteiger partial charge in [0.25, 0.3) is 0 Å². The number of ether oxygens (including phenoxy) is 2. The smallest absolute Gasteiger partial charge is 0.412 e. The Morgan fingerprint density at radius 1 is 1.14 bits per heavy atom. The molecule has 0 saturated heterocycles. The first-order valence-corrected chi connectivity index (χ1v) is 8.77. The average molecular weight is 401 g/mol. The van der Waals surface area contributed by atoms with Crippen molar-refractivity contribution in [2.45, 2.75) is 20.0 Å². The van der Waals surface area contributed by atoms with E-state index in [0.717, 1.165) is 0 Å². The van der Waals surface area contributed by atoms with Crippen molar-refractivity contribution in [3.63, 3.8) is 0 Å². The molecule has 8 heteroatoms. The molecular formula is C20H17ClN2O5. The zero-order chi connectivity index (χ0) is 20.1. The van der Waals surface area contributed by atoms with Crippen LogP contribution in [-0.2, 0) is 9.53 Å². The maximum Gasteiger partial charge on any atom is 0.412 e. The Balaban J connectivity index is 1.69. The first kappa shape index (κ1) is 19.4. The van der Waals surface area contributed by atoms with Crippen LogP contribution in [0.5, 0.6) is 5.75 Å². The first-order chi connectivity index (χ1) is 13.4. The second kappa shape index (κ2) is 8.58. The zero-order valence-corrected chi connectivity index (χ0v) is 15.9. The normalized spacial score (nSPS) is 11.5. The molecule has 1 heterocycles. The van der Waals surface area contributed by atoms with Gasteiger partial charge in [-0.1, -0.05) is 35.0 Å². The summed E-state index contributed by atoms with van der Waals surface area (Å²) in [5.74, 6) is -0.00541. The minimum atomic E-state index is -0.673. The Kier molecular flexibility index (Phi) is 5.96. The molecule has 0 saturated carbocycles. The predicted octanol–water partition coefficient (Wildman–Crippen LogP) is 5.23. The summed E-state index contributed by atoms with van der Waals surface area (Å²) >= 11 is 6.13. The van der Waals surface area contributed by atoms with E-state index in [1.807, 2.05) is 6.07 Å². The summed E-state index contributed by atoms with van der Waals surface area (Å²) in [5.41, 5.74) is 2.12. The molecular weight excluding hydrogens is 384 g/mol. The number of halogens is 1. The van der Waals surface area contributed by atoms with Gasteiger partial charge in [0.15, 0.2) is 0 Å². The van der Waals surface area contributed by atoms with Crippen molar-refractivity contribution < 1.29 is 23.6 Å². The van der Waals surface area contributed by atoms with Gasteiger partial charge in [-0.25, -0.2) is 4.79 Å². The largest absolute Gasteiger partial charge is 0.441 e. The van der Waals surface area contributed by atoms with Crippen LogP contribution in [0.15, 0.2) is 59.3 Å². The monoisotopic (exact) mass is 400 g/mol. The van der Waals surface area contributed by atoms with Gasteiger partial charge in [-0.15, -0.1) is 0 Å². The van der Waals surface area contributed by atoms with Crippen molar-refractivity contribution in [2.75, 3.05) is 5.32 Å². The molecule has 2 aromatic carbocycles. The zero-order valence-electron chi connectivity index (χ0n) is 15.1. The Morgan fingerprint density at radius 3 is 2.54 bits per heavy atom. The minimum absolute atomic E-state index is 0.344. The number of aromatic nitrogens is 1. The van der Waals surface area contributed by atoms with Crippen LogP contribution < -0.4 is 10.1 Å². The maximum absolute atomic E-state index is 12.3. The maximum atomic E-state index is 12.3. The average Bonchev–Trinajstić information content (AvgIpc) is 3.10. The summed E-state index contributed by atoms with van der Waals surface area (Å²) < 4.78 is 15.4. The molecule has 1 amide bonds. The molecule has 0 aliphatic heterocycles. The van der Waals surface area contributed by atoms with E-state index in [0.29, 0.717) is 33.3 Å². The van der Waals surface area contributed by atoms with Gasteiger partial charge in [-0.3, -0.25) is 10.1 Å². The first-order valence-electron chi connectivity index (χ1n) is 8.39. The van der Waals surface area contributed by atoms with Crippen LogP contribution in [0.4, 0.5) is 10.5 Å². The van der Waals surface area contributed by atoms with Gasteiger partial charge in [0.1, 0.15) is 29.5 Å². The molecule has 0 aliphatic rings. The second-order valence-electron chi connectivity index (χ2n) is 5.89. The van der Waals surface area contributed by atoms with Crippen molar-refractivity contribution in [1.82, 2.24) is 5.16 Å². The van der Waals surface area contributed by atoms with E-state index in [9.17, 15) is 9.59 Å². The highest BCUT2D eigenvalue weighted by Crippen LogP contribution is 2.29. The number of hydrogen-bond acceptors (Lipinski definition) is 6. The number of amides is 1. The molecule has 1 aromatic heterocycles. The van der Waals surface area contributed by atoms with Gasteiger partial charge in [-0.2, -0.15) is 0 Å². The third-order valence-corrected chi connectivity index (χ3v) is 4.17. The van der Waals surface area contributed by atoms with E-state index >= 15 is 0 Å². The highest BCUT2D eigenvalue weighted by atomic mass is 35.5. The fourth-order valence-corrected chi connectivity index (χ4v) is 2.84. The lowest BCUT2D eigenvalue weighted by Crippen LogP contribution is -2.16. The SMILES string of the molecule is CC(=O)Oc1ccc(-c2nocc2NC(=O)OC(C)c2ccccc2Cl)cc1. The highest BCUT2D eigenvalue weighted by molar-refractivity contribution is 6.31. The van der Waals surface area contributed by atoms with Gasteiger partial charge in [0.05, 0.1) is 0 Å². The summed E-state index contributed by atoms with van der Waals surface area (Å²) in [4.78, 5) is 23.3. The molecule has 0 aliphatic carbocycles. The molecule has 3 aromatic rings. The lowest BCUT2D eigenvalue weighted by Gasteiger charge is -2.15. The lowest BCUT2D eigenvalue weighted by molar-refractivity contribution is -0.131. The number of anilines is 1. The molecule has 1 N–H and O–H groups in total. The third-order valence-electron chi connectivity index (χ3n) is 3.82. The Labute approximate surface area is 166 Å². The number of carbonyl (C=O) groups is 2. The topological polar surface area (TPSA) is 90.7 Å². The molecule has 0 radical (unpaired) electrons. The molecule has 1 unspecified atom stereocenters. The van der Waals surface area contributed by atoms with Crippen LogP contribution in [0.2, 0.25) is 5.02 Å². The van der Waals surface area contributed by atoms with Crippen molar-refractivity contribution in [2.24, 2.45) is 0 Å². The Hall–Kier alpha value is -3.32. The van der Waals surface area contributed by atoms with Crippen LogP contribution in [0, 0.1) is 0 Å². The summed E-state index contributed by atoms with van der Waals surface area (Å²) in [6.07, 6.45) is 0.0879. The molecule has 1 atom stereocenters. The van der Waals surface area contributed by atoms with Crippen LogP contribution in [0.3, 0.4) is 0 Å². The van der Waals surface area contributed by atoms with E-state index in [1.54, 1.807) is 49.4 Å². The van der Waals surface area contributed by atoms with Gasteiger partial charge in [0.2, 0.25) is 0 Å². The van der Waals surface area contributed by atoms with Gasteiger partial charge in [0, 0.05) is 23.1 Å². The van der Waals surface area contributed by atoms with Crippen molar-refractivity contribution in [1.29, 1.82) is 0 Å². The molecule has 0 bridgehead atoms. The molecule has 0 fully saturated rings. The fraction of sp³-hybridized carbons (Fsp3) is 0.150. The number of hydrogen-bond donors (Lipinski definition) is 1. The Morgan fingerprint density at radius 2 is 1.86 bits per heavy atom. The number of nitrogens with one attached hydrogen (secondary N) is 1. The summed E-state index contributed by atoms with van der Waals surface area (Å²) in [5, 5.41) is 7.03. The summed E-state index contributed by atoms with van der Waals surface area (Å²) in [6, 6.07) is 13.8. The molecule has 144 valence electrons. The van der Waals surface area contributed by atoms with Gasteiger partial charge < -0.3 is 14.0 Å². The standard InChI is InChI=1S/C20H17ClN2O5/c1-12(16-5-3-4-6-17(16)21)27-20(25)22-18-11-26-23-19(18)14-7-9-15(10-8-14)28-13(2)24/h3-12H,1-2H3,(H,22,25). The van der Waals surface area contributed by atoms with Crippen LogP contribution in [0.1, 0.15) is 25.5 Å². The fourth-order valence-electron chi connectivity index (χ4n) is 2.55. The number of carbonyl (C=O) groups excluding carboxylic acids is 2. The van der Waals surface area contributed by atoms with Crippen LogP contribution in [-0.4, -0.2) is 17.2 Å². The number of benzene rings is 2. The van der Waals surface area contributed by atoms with Crippen molar-refractivity contribution in [3.05, 3.63) is 65.4 Å². The van der Waals surface area contributed by atoms with E-state index in [-0.39, 0.29) is 0 Å². The lowest BCUT2D eigenvalue weighted by atomic mass is 10.1. The highest BCUT2D eigenvalue weighted by Gasteiger charge is 2.18. The van der Waals surface area contributed by atoms with Crippen molar-refractivity contribution >= 4 is 29.4 Å². The van der Waals surface area contributed by atoms with E-state index in [1.165, 1.54) is 13.2 Å². The van der Waals surface area contributed by atoms with Gasteiger partial charge >= 0.3 is 12.1 Å².